The zero-order valence-electron chi connectivity index (χ0n) is 21.9. The first kappa shape index (κ1) is 29.9. The van der Waals surface area contributed by atoms with E-state index in [9.17, 15) is 18.0 Å². The largest absolute Gasteiger partial charge is 0.354 e. The SMILES string of the molecule is CC[C@@H](C(=O)NCC(C)C)N(Cc1c(Cl)cccc1Cl)C(=O)CN(C)S(=O)(=O)c1ccc2ccccc2c1. The van der Waals surface area contributed by atoms with Crippen molar-refractivity contribution >= 4 is 55.8 Å². The van der Waals surface area contributed by atoms with Crippen LogP contribution in [0.15, 0.2) is 65.6 Å². The van der Waals surface area contributed by atoms with Gasteiger partial charge in [-0.25, -0.2) is 8.42 Å². The van der Waals surface area contributed by atoms with Gasteiger partial charge in [-0.15, -0.1) is 0 Å². The zero-order chi connectivity index (χ0) is 28.0. The van der Waals surface area contributed by atoms with Crippen LogP contribution < -0.4 is 5.32 Å². The summed E-state index contributed by atoms with van der Waals surface area (Å²) in [4.78, 5) is 28.2. The van der Waals surface area contributed by atoms with Crippen molar-refractivity contribution in [3.63, 3.8) is 0 Å². The number of fused-ring (bicyclic) bond motifs is 1. The Morgan fingerprint density at radius 1 is 0.947 bits per heavy atom. The third-order valence-corrected chi connectivity index (χ3v) is 8.76. The van der Waals surface area contributed by atoms with Gasteiger partial charge >= 0.3 is 0 Å². The minimum absolute atomic E-state index is 0.0468. The minimum atomic E-state index is -3.99. The Bertz CT molecular complexity index is 1390. The summed E-state index contributed by atoms with van der Waals surface area (Å²) in [6.07, 6.45) is 0.318. The summed E-state index contributed by atoms with van der Waals surface area (Å²) >= 11 is 12.8. The predicted molar refractivity (Wildman–Crippen MR) is 153 cm³/mol. The highest BCUT2D eigenvalue weighted by Gasteiger charge is 2.32. The summed E-state index contributed by atoms with van der Waals surface area (Å²) < 4.78 is 27.8. The highest BCUT2D eigenvalue weighted by atomic mass is 35.5. The van der Waals surface area contributed by atoms with Crippen LogP contribution in [0.4, 0.5) is 0 Å². The Labute approximate surface area is 234 Å². The van der Waals surface area contributed by atoms with Gasteiger partial charge in [0.2, 0.25) is 21.8 Å². The lowest BCUT2D eigenvalue weighted by Crippen LogP contribution is -2.52. The molecule has 0 spiro atoms. The number of rotatable bonds is 11. The van der Waals surface area contributed by atoms with Gasteiger partial charge in [-0.1, -0.05) is 80.4 Å². The van der Waals surface area contributed by atoms with Crippen molar-refractivity contribution in [2.24, 2.45) is 5.92 Å². The molecular formula is C28H33Cl2N3O4S. The highest BCUT2D eigenvalue weighted by Crippen LogP contribution is 2.27. The molecule has 0 heterocycles. The molecule has 0 saturated heterocycles. The lowest BCUT2D eigenvalue weighted by Gasteiger charge is -2.32. The van der Waals surface area contributed by atoms with Gasteiger partial charge in [-0.05, 0) is 47.4 Å². The van der Waals surface area contributed by atoms with E-state index in [1.165, 1.54) is 18.0 Å². The maximum Gasteiger partial charge on any atom is 0.243 e. The van der Waals surface area contributed by atoms with Crippen molar-refractivity contribution in [3.8, 4) is 0 Å². The quantitative estimate of drug-likeness (QED) is 0.333. The summed E-state index contributed by atoms with van der Waals surface area (Å²) in [5.74, 6) is -0.644. The lowest BCUT2D eigenvalue weighted by atomic mass is 10.1. The third-order valence-electron chi connectivity index (χ3n) is 6.25. The number of amides is 2. The van der Waals surface area contributed by atoms with Crippen LogP contribution in [0.3, 0.4) is 0 Å². The van der Waals surface area contributed by atoms with Crippen LogP contribution in [0, 0.1) is 5.92 Å². The normalized spacial score (nSPS) is 12.6. The second-order valence-electron chi connectivity index (χ2n) is 9.55. The van der Waals surface area contributed by atoms with Crippen LogP contribution in [-0.2, 0) is 26.2 Å². The molecular weight excluding hydrogens is 545 g/mol. The van der Waals surface area contributed by atoms with Gasteiger partial charge in [0.15, 0.2) is 0 Å². The molecule has 38 heavy (non-hydrogen) atoms. The van der Waals surface area contributed by atoms with E-state index >= 15 is 0 Å². The van der Waals surface area contributed by atoms with Crippen LogP contribution in [0.25, 0.3) is 10.8 Å². The molecule has 2 amide bonds. The van der Waals surface area contributed by atoms with Crippen LogP contribution in [0.1, 0.15) is 32.8 Å². The molecule has 0 bridgehead atoms. The van der Waals surface area contributed by atoms with Crippen molar-refractivity contribution in [2.45, 2.75) is 44.7 Å². The number of nitrogens with one attached hydrogen (secondary N) is 1. The van der Waals surface area contributed by atoms with Crippen LogP contribution in [-0.4, -0.2) is 55.6 Å². The number of sulfonamides is 1. The average Bonchev–Trinajstić information content (AvgIpc) is 2.88. The fourth-order valence-electron chi connectivity index (χ4n) is 4.07. The van der Waals surface area contributed by atoms with E-state index in [-0.39, 0.29) is 23.3 Å². The van der Waals surface area contributed by atoms with Gasteiger partial charge in [0.05, 0.1) is 11.4 Å². The first-order chi connectivity index (χ1) is 17.9. The van der Waals surface area contributed by atoms with E-state index < -0.39 is 28.5 Å². The average molecular weight is 579 g/mol. The molecule has 0 aliphatic rings. The smallest absolute Gasteiger partial charge is 0.243 e. The fourth-order valence-corrected chi connectivity index (χ4v) is 5.74. The van der Waals surface area contributed by atoms with E-state index in [0.717, 1.165) is 15.1 Å². The third kappa shape index (κ3) is 7.05. The Morgan fingerprint density at radius 3 is 2.18 bits per heavy atom. The lowest BCUT2D eigenvalue weighted by molar-refractivity contribution is -0.141. The molecule has 10 heteroatoms. The van der Waals surface area contributed by atoms with Gasteiger partial charge in [0, 0.05) is 35.7 Å². The molecule has 204 valence electrons. The number of carbonyl (C=O) groups is 2. The number of carbonyl (C=O) groups excluding carboxylic acids is 2. The summed E-state index contributed by atoms with van der Waals surface area (Å²) in [6, 6.07) is 16.4. The molecule has 0 aliphatic carbocycles. The molecule has 0 radical (unpaired) electrons. The Hall–Kier alpha value is -2.65. The topological polar surface area (TPSA) is 86.8 Å². The van der Waals surface area contributed by atoms with Crippen molar-refractivity contribution in [3.05, 3.63) is 76.3 Å². The number of benzene rings is 3. The highest BCUT2D eigenvalue weighted by molar-refractivity contribution is 7.89. The first-order valence-corrected chi connectivity index (χ1v) is 14.6. The van der Waals surface area contributed by atoms with E-state index in [4.69, 9.17) is 23.2 Å². The number of likely N-dealkylation sites (N-methyl/N-ethyl adjacent to an activating group) is 1. The number of hydrogen-bond acceptors (Lipinski definition) is 4. The van der Waals surface area contributed by atoms with Crippen molar-refractivity contribution in [1.82, 2.24) is 14.5 Å². The predicted octanol–water partition coefficient (Wildman–Crippen LogP) is 5.35. The summed E-state index contributed by atoms with van der Waals surface area (Å²) in [5.41, 5.74) is 0.485. The molecule has 0 unspecified atom stereocenters. The van der Waals surface area contributed by atoms with Crippen molar-refractivity contribution < 1.29 is 18.0 Å². The maximum absolute atomic E-state index is 13.7. The number of hydrogen-bond donors (Lipinski definition) is 1. The second kappa shape index (κ2) is 12.9. The van der Waals surface area contributed by atoms with E-state index in [1.54, 1.807) is 37.3 Å². The first-order valence-electron chi connectivity index (χ1n) is 12.4. The summed E-state index contributed by atoms with van der Waals surface area (Å²) in [7, 11) is -2.64. The van der Waals surface area contributed by atoms with E-state index in [2.05, 4.69) is 5.32 Å². The van der Waals surface area contributed by atoms with Crippen molar-refractivity contribution in [1.29, 1.82) is 0 Å². The minimum Gasteiger partial charge on any atom is -0.354 e. The molecule has 1 N–H and O–H groups in total. The van der Waals surface area contributed by atoms with Crippen LogP contribution in [0.5, 0.6) is 0 Å². The van der Waals surface area contributed by atoms with Crippen molar-refractivity contribution in [2.75, 3.05) is 20.1 Å². The molecule has 3 aromatic rings. The van der Waals surface area contributed by atoms with Gasteiger partial charge in [-0.2, -0.15) is 4.31 Å². The zero-order valence-corrected chi connectivity index (χ0v) is 24.3. The van der Waals surface area contributed by atoms with E-state index in [0.29, 0.717) is 28.6 Å². The molecule has 3 aromatic carbocycles. The van der Waals surface area contributed by atoms with Gasteiger partial charge < -0.3 is 10.2 Å². The molecule has 1 atom stereocenters. The molecule has 0 aromatic heterocycles. The molecule has 3 rings (SSSR count). The molecule has 0 aliphatic heterocycles. The summed E-state index contributed by atoms with van der Waals surface area (Å²) in [6.45, 7) is 5.67. The second-order valence-corrected chi connectivity index (χ2v) is 12.4. The molecule has 0 fully saturated rings. The summed E-state index contributed by atoms with van der Waals surface area (Å²) in [5, 5.41) is 5.27. The Morgan fingerprint density at radius 2 is 1.58 bits per heavy atom. The van der Waals surface area contributed by atoms with Gasteiger partial charge in [0.1, 0.15) is 6.04 Å². The van der Waals surface area contributed by atoms with Crippen LogP contribution >= 0.6 is 23.2 Å². The fraction of sp³-hybridized carbons (Fsp3) is 0.357. The van der Waals surface area contributed by atoms with Gasteiger partial charge in [0.25, 0.3) is 0 Å². The number of nitrogens with zero attached hydrogens (tertiary/aromatic N) is 2. The maximum atomic E-state index is 13.7. The number of halogens is 2. The van der Waals surface area contributed by atoms with E-state index in [1.807, 2.05) is 38.1 Å². The van der Waals surface area contributed by atoms with Crippen LogP contribution in [0.2, 0.25) is 10.0 Å². The molecule has 0 saturated carbocycles. The monoisotopic (exact) mass is 577 g/mol. The standard InChI is InChI=1S/C28H33Cl2N3O4S/c1-5-26(28(35)31-16-19(2)3)33(17-23-24(29)11-8-12-25(23)30)27(34)18-32(4)38(36,37)22-14-13-20-9-6-7-10-21(20)15-22/h6-15,19,26H,5,16-18H2,1-4H3,(H,31,35)/t26-/m0/s1. The Balaban J connectivity index is 1.91. The molecule has 7 nitrogen and oxygen atoms in total. The Kier molecular flexibility index (Phi) is 10.2. The van der Waals surface area contributed by atoms with Gasteiger partial charge in [-0.3, -0.25) is 9.59 Å².